The van der Waals surface area contributed by atoms with Crippen molar-refractivity contribution in [1.29, 1.82) is 0 Å². The Labute approximate surface area is 179 Å². The largest absolute Gasteiger partial charge is 0.507 e. The molecule has 1 nitrogen and oxygen atoms in total. The topological polar surface area (TPSA) is 20.2 Å². The molecule has 0 fully saturated rings. The van der Waals surface area contributed by atoms with E-state index in [2.05, 4.69) is 113 Å². The SMILES string of the molecule is CC(C)(C)c1ccc(-c2cc(C(C)(C)C)c(O)c(C(C)(C)C)c2)c(C(C)(C)C)c1. The molecule has 0 aliphatic carbocycles. The molecule has 0 aromatic heterocycles. The molecule has 1 heteroatoms. The third-order valence-electron chi connectivity index (χ3n) is 5.73. The van der Waals surface area contributed by atoms with Gasteiger partial charge in [0.25, 0.3) is 0 Å². The first-order valence-electron chi connectivity index (χ1n) is 10.9. The number of phenolic OH excluding ortho intramolecular Hbond substituents is 1. The van der Waals surface area contributed by atoms with Crippen LogP contribution in [0, 0.1) is 0 Å². The van der Waals surface area contributed by atoms with Gasteiger partial charge in [0.1, 0.15) is 5.75 Å². The quantitative estimate of drug-likeness (QED) is 0.516. The van der Waals surface area contributed by atoms with Crippen molar-refractivity contribution in [3.8, 4) is 16.9 Å². The van der Waals surface area contributed by atoms with Gasteiger partial charge in [-0.15, -0.1) is 0 Å². The van der Waals surface area contributed by atoms with E-state index < -0.39 is 0 Å². The highest BCUT2D eigenvalue weighted by molar-refractivity contribution is 5.73. The van der Waals surface area contributed by atoms with Crippen molar-refractivity contribution in [3.05, 3.63) is 52.6 Å². The summed E-state index contributed by atoms with van der Waals surface area (Å²) in [6.45, 7) is 26.7. The predicted molar refractivity (Wildman–Crippen MR) is 128 cm³/mol. The Hall–Kier alpha value is -1.76. The second-order valence-corrected chi connectivity index (χ2v) is 12.7. The fourth-order valence-electron chi connectivity index (χ4n) is 3.82. The Morgan fingerprint density at radius 1 is 0.517 bits per heavy atom. The number of phenols is 1. The highest BCUT2D eigenvalue weighted by Crippen LogP contribution is 2.44. The fraction of sp³-hybridized carbons (Fsp3) is 0.571. The normalized spacial score (nSPS) is 13.7. The van der Waals surface area contributed by atoms with Crippen molar-refractivity contribution < 1.29 is 5.11 Å². The molecule has 0 atom stereocenters. The first-order chi connectivity index (χ1) is 12.8. The smallest absolute Gasteiger partial charge is 0.123 e. The average molecular weight is 395 g/mol. The lowest BCUT2D eigenvalue weighted by molar-refractivity contribution is 0.423. The van der Waals surface area contributed by atoms with Crippen molar-refractivity contribution in [2.24, 2.45) is 0 Å². The minimum absolute atomic E-state index is 0.0261. The van der Waals surface area contributed by atoms with Crippen LogP contribution >= 0.6 is 0 Å². The van der Waals surface area contributed by atoms with Gasteiger partial charge in [-0.1, -0.05) is 101 Å². The molecule has 0 amide bonds. The van der Waals surface area contributed by atoms with Crippen LogP contribution < -0.4 is 0 Å². The Balaban J connectivity index is 2.90. The van der Waals surface area contributed by atoms with Crippen molar-refractivity contribution in [2.45, 2.75) is 105 Å². The molecule has 0 unspecified atom stereocenters. The summed E-state index contributed by atoms with van der Waals surface area (Å²) in [5.41, 5.74) is 7.08. The first-order valence-corrected chi connectivity index (χ1v) is 10.9. The Morgan fingerprint density at radius 2 is 0.931 bits per heavy atom. The number of rotatable bonds is 1. The number of aromatic hydroxyl groups is 1. The molecule has 29 heavy (non-hydrogen) atoms. The third kappa shape index (κ3) is 5.05. The summed E-state index contributed by atoms with van der Waals surface area (Å²) in [4.78, 5) is 0. The molecule has 0 saturated carbocycles. The summed E-state index contributed by atoms with van der Waals surface area (Å²) in [6.07, 6.45) is 0. The van der Waals surface area contributed by atoms with E-state index in [4.69, 9.17) is 0 Å². The van der Waals surface area contributed by atoms with E-state index in [1.807, 2.05) is 0 Å². The summed E-state index contributed by atoms with van der Waals surface area (Å²) in [6, 6.07) is 11.3. The molecule has 2 aromatic carbocycles. The molecule has 0 radical (unpaired) electrons. The Morgan fingerprint density at radius 3 is 1.28 bits per heavy atom. The summed E-state index contributed by atoms with van der Waals surface area (Å²) in [7, 11) is 0. The lowest BCUT2D eigenvalue weighted by atomic mass is 9.74. The van der Waals surface area contributed by atoms with Gasteiger partial charge < -0.3 is 5.11 Å². The van der Waals surface area contributed by atoms with Crippen molar-refractivity contribution in [2.75, 3.05) is 0 Å². The Bertz CT molecular complexity index is 853. The van der Waals surface area contributed by atoms with E-state index >= 15 is 0 Å². The molecule has 0 saturated heterocycles. The van der Waals surface area contributed by atoms with Gasteiger partial charge in [0, 0.05) is 11.1 Å². The van der Waals surface area contributed by atoms with Crippen LogP contribution in [0.4, 0.5) is 0 Å². The molecule has 160 valence electrons. The van der Waals surface area contributed by atoms with E-state index in [0.717, 1.165) is 11.1 Å². The standard InChI is InChI=1S/C28H42O/c1-25(2,3)19-13-14-20(21(17-19)26(4,5)6)18-15-22(27(7,8)9)24(29)23(16-18)28(10,11)12/h13-17,29H,1-12H3. The van der Waals surface area contributed by atoms with Crippen molar-refractivity contribution in [1.82, 2.24) is 0 Å². The monoisotopic (exact) mass is 394 g/mol. The van der Waals surface area contributed by atoms with Crippen LogP contribution in [0.5, 0.6) is 5.75 Å². The van der Waals surface area contributed by atoms with Gasteiger partial charge in [-0.25, -0.2) is 0 Å². The highest BCUT2D eigenvalue weighted by Gasteiger charge is 2.29. The molecule has 0 aliphatic heterocycles. The second-order valence-electron chi connectivity index (χ2n) is 12.7. The summed E-state index contributed by atoms with van der Waals surface area (Å²) in [5, 5.41) is 11.1. The van der Waals surface area contributed by atoms with Gasteiger partial charge in [-0.05, 0) is 56.0 Å². The van der Waals surface area contributed by atoms with E-state index in [9.17, 15) is 5.11 Å². The molecule has 0 bridgehead atoms. The average Bonchev–Trinajstić information content (AvgIpc) is 2.50. The maximum atomic E-state index is 11.1. The highest BCUT2D eigenvalue weighted by atomic mass is 16.3. The maximum Gasteiger partial charge on any atom is 0.123 e. The second kappa shape index (κ2) is 7.18. The maximum absolute atomic E-state index is 11.1. The van der Waals surface area contributed by atoms with Crippen molar-refractivity contribution in [3.63, 3.8) is 0 Å². The molecular formula is C28H42O. The summed E-state index contributed by atoms with van der Waals surface area (Å²) >= 11 is 0. The summed E-state index contributed by atoms with van der Waals surface area (Å²) in [5.74, 6) is 0.442. The zero-order valence-electron chi connectivity index (χ0n) is 20.8. The van der Waals surface area contributed by atoms with Crippen LogP contribution in [-0.2, 0) is 21.7 Å². The van der Waals surface area contributed by atoms with E-state index in [0.29, 0.717) is 5.75 Å². The van der Waals surface area contributed by atoms with Crippen LogP contribution in [0.15, 0.2) is 30.3 Å². The number of benzene rings is 2. The predicted octanol–water partition coefficient (Wildman–Crippen LogP) is 8.25. The number of hydrogen-bond acceptors (Lipinski definition) is 1. The molecule has 1 N–H and O–H groups in total. The summed E-state index contributed by atoms with van der Waals surface area (Å²) < 4.78 is 0. The van der Waals surface area contributed by atoms with Gasteiger partial charge in [0.15, 0.2) is 0 Å². The molecule has 2 rings (SSSR count). The molecular weight excluding hydrogens is 352 g/mol. The Kier molecular flexibility index (Phi) is 5.83. The van der Waals surface area contributed by atoms with E-state index in [1.165, 1.54) is 22.3 Å². The fourth-order valence-corrected chi connectivity index (χ4v) is 3.82. The van der Waals surface area contributed by atoms with Gasteiger partial charge in [0.2, 0.25) is 0 Å². The molecule has 0 aliphatic rings. The van der Waals surface area contributed by atoms with Crippen LogP contribution in [0.2, 0.25) is 0 Å². The van der Waals surface area contributed by atoms with Gasteiger partial charge >= 0.3 is 0 Å². The zero-order valence-corrected chi connectivity index (χ0v) is 20.8. The molecule has 2 aromatic rings. The lowest BCUT2D eigenvalue weighted by Gasteiger charge is -2.31. The van der Waals surface area contributed by atoms with Crippen LogP contribution in [0.25, 0.3) is 11.1 Å². The van der Waals surface area contributed by atoms with Crippen molar-refractivity contribution >= 4 is 0 Å². The molecule has 0 heterocycles. The minimum Gasteiger partial charge on any atom is -0.507 e. The lowest BCUT2D eigenvalue weighted by Crippen LogP contribution is -2.19. The molecule has 0 spiro atoms. The van der Waals surface area contributed by atoms with Crippen LogP contribution in [-0.4, -0.2) is 5.11 Å². The van der Waals surface area contributed by atoms with Gasteiger partial charge in [-0.2, -0.15) is 0 Å². The van der Waals surface area contributed by atoms with E-state index in [-0.39, 0.29) is 21.7 Å². The van der Waals surface area contributed by atoms with Crippen LogP contribution in [0.1, 0.15) is 105 Å². The first kappa shape index (κ1) is 23.5. The third-order valence-corrected chi connectivity index (χ3v) is 5.73. The van der Waals surface area contributed by atoms with E-state index in [1.54, 1.807) is 0 Å². The van der Waals surface area contributed by atoms with Gasteiger partial charge in [-0.3, -0.25) is 0 Å². The zero-order chi connectivity index (χ0) is 22.6. The number of hydrogen-bond donors (Lipinski definition) is 1. The van der Waals surface area contributed by atoms with Gasteiger partial charge in [0.05, 0.1) is 0 Å². The minimum atomic E-state index is -0.132. The van der Waals surface area contributed by atoms with Crippen LogP contribution in [0.3, 0.4) is 0 Å².